The Morgan fingerprint density at radius 1 is 1.41 bits per heavy atom. The third kappa shape index (κ3) is 5.50. The van der Waals surface area contributed by atoms with E-state index >= 15 is 0 Å². The highest BCUT2D eigenvalue weighted by atomic mass is 16.5. The number of hydrogen-bond acceptors (Lipinski definition) is 4. The molecule has 1 N–H and O–H groups in total. The van der Waals surface area contributed by atoms with Crippen molar-refractivity contribution in [3.63, 3.8) is 0 Å². The molecule has 120 valence electrons. The maximum absolute atomic E-state index is 12.1. The number of nitrogens with one attached hydrogen (secondary N) is 1. The molecule has 0 aromatic heterocycles. The summed E-state index contributed by atoms with van der Waals surface area (Å²) in [5, 5.41) is 2.95. The number of hydrogen-bond donors (Lipinski definition) is 1. The first-order valence-electron chi connectivity index (χ1n) is 7.71. The van der Waals surface area contributed by atoms with Crippen molar-refractivity contribution in [3.05, 3.63) is 42.5 Å². The molecule has 1 saturated heterocycles. The van der Waals surface area contributed by atoms with E-state index < -0.39 is 0 Å². The van der Waals surface area contributed by atoms with E-state index in [1.165, 1.54) is 0 Å². The molecule has 2 rings (SSSR count). The van der Waals surface area contributed by atoms with Crippen LogP contribution in [0.2, 0.25) is 0 Å². The smallest absolute Gasteiger partial charge is 0.251 e. The molecule has 0 spiro atoms. The molecule has 0 atom stereocenters. The molecule has 5 nitrogen and oxygen atoms in total. The quantitative estimate of drug-likeness (QED) is 0.587. The van der Waals surface area contributed by atoms with Gasteiger partial charge in [-0.1, -0.05) is 18.7 Å². The lowest BCUT2D eigenvalue weighted by atomic mass is 10.2. The molecule has 1 aliphatic heterocycles. The molecule has 0 saturated carbocycles. The van der Waals surface area contributed by atoms with Crippen LogP contribution in [-0.2, 0) is 4.74 Å². The third-order valence-corrected chi connectivity index (χ3v) is 3.50. The van der Waals surface area contributed by atoms with Crippen molar-refractivity contribution in [3.8, 4) is 5.75 Å². The molecule has 1 aliphatic rings. The number of nitrogens with zero attached hydrogens (tertiary/aromatic N) is 1. The fourth-order valence-corrected chi connectivity index (χ4v) is 2.31. The Kier molecular flexibility index (Phi) is 6.93. The lowest BCUT2D eigenvalue weighted by molar-refractivity contribution is 0.0374. The van der Waals surface area contributed by atoms with Crippen LogP contribution in [-0.4, -0.2) is 56.8 Å². The highest BCUT2D eigenvalue weighted by Gasteiger charge is 2.10. The van der Waals surface area contributed by atoms with Gasteiger partial charge in [0, 0.05) is 25.2 Å². The SMILES string of the molecule is C=CCOc1cccc(C(=O)NCCCN2CCOCC2)c1. The summed E-state index contributed by atoms with van der Waals surface area (Å²) in [5.41, 5.74) is 0.618. The third-order valence-electron chi connectivity index (χ3n) is 3.50. The van der Waals surface area contributed by atoms with E-state index in [1.54, 1.807) is 18.2 Å². The van der Waals surface area contributed by atoms with E-state index in [-0.39, 0.29) is 5.91 Å². The van der Waals surface area contributed by atoms with Gasteiger partial charge in [-0.25, -0.2) is 0 Å². The molecule has 0 aliphatic carbocycles. The van der Waals surface area contributed by atoms with E-state index in [0.29, 0.717) is 24.5 Å². The van der Waals surface area contributed by atoms with Gasteiger partial charge in [-0.2, -0.15) is 0 Å². The molecule has 0 radical (unpaired) electrons. The Labute approximate surface area is 131 Å². The number of carbonyl (C=O) groups is 1. The Hall–Kier alpha value is -1.85. The molecular weight excluding hydrogens is 280 g/mol. The number of rotatable bonds is 8. The summed E-state index contributed by atoms with van der Waals surface area (Å²) in [6, 6.07) is 7.19. The van der Waals surface area contributed by atoms with Crippen LogP contribution in [0.4, 0.5) is 0 Å². The Morgan fingerprint density at radius 2 is 2.23 bits per heavy atom. The van der Waals surface area contributed by atoms with Crippen LogP contribution >= 0.6 is 0 Å². The van der Waals surface area contributed by atoms with Crippen LogP contribution < -0.4 is 10.1 Å². The minimum Gasteiger partial charge on any atom is -0.490 e. The van der Waals surface area contributed by atoms with Crippen molar-refractivity contribution in [2.24, 2.45) is 0 Å². The van der Waals surface area contributed by atoms with E-state index in [1.807, 2.05) is 12.1 Å². The first-order chi connectivity index (χ1) is 10.8. The fourth-order valence-electron chi connectivity index (χ4n) is 2.31. The maximum atomic E-state index is 12.1. The van der Waals surface area contributed by atoms with E-state index in [2.05, 4.69) is 16.8 Å². The van der Waals surface area contributed by atoms with Crippen molar-refractivity contribution in [2.45, 2.75) is 6.42 Å². The van der Waals surface area contributed by atoms with Gasteiger partial charge in [0.25, 0.3) is 5.91 Å². The topological polar surface area (TPSA) is 50.8 Å². The Balaban J connectivity index is 1.71. The van der Waals surface area contributed by atoms with Gasteiger partial charge in [0.2, 0.25) is 0 Å². The minimum absolute atomic E-state index is 0.0639. The van der Waals surface area contributed by atoms with Crippen LogP contribution in [0.5, 0.6) is 5.75 Å². The number of carbonyl (C=O) groups excluding carboxylic acids is 1. The van der Waals surface area contributed by atoms with Gasteiger partial charge in [-0.3, -0.25) is 9.69 Å². The van der Waals surface area contributed by atoms with Gasteiger partial charge in [-0.05, 0) is 31.2 Å². The van der Waals surface area contributed by atoms with Crippen LogP contribution in [0.3, 0.4) is 0 Å². The Morgan fingerprint density at radius 3 is 3.00 bits per heavy atom. The summed E-state index contributed by atoms with van der Waals surface area (Å²) in [7, 11) is 0. The van der Waals surface area contributed by atoms with Crippen molar-refractivity contribution in [1.82, 2.24) is 10.2 Å². The van der Waals surface area contributed by atoms with Crippen molar-refractivity contribution < 1.29 is 14.3 Å². The molecule has 1 aromatic carbocycles. The summed E-state index contributed by atoms with van der Waals surface area (Å²) >= 11 is 0. The molecule has 5 heteroatoms. The molecule has 1 fully saturated rings. The van der Waals surface area contributed by atoms with E-state index in [4.69, 9.17) is 9.47 Å². The molecule has 0 unspecified atom stereocenters. The molecule has 1 amide bonds. The predicted molar refractivity (Wildman–Crippen MR) is 86.3 cm³/mol. The predicted octanol–water partition coefficient (Wildman–Crippen LogP) is 1.70. The van der Waals surface area contributed by atoms with Gasteiger partial charge in [0.05, 0.1) is 13.2 Å². The zero-order valence-corrected chi connectivity index (χ0v) is 12.9. The fraction of sp³-hybridized carbons (Fsp3) is 0.471. The monoisotopic (exact) mass is 304 g/mol. The molecule has 1 heterocycles. The van der Waals surface area contributed by atoms with E-state index in [0.717, 1.165) is 39.3 Å². The second-order valence-electron chi connectivity index (χ2n) is 5.19. The molecular formula is C17H24N2O3. The average Bonchev–Trinajstić information content (AvgIpc) is 2.58. The zero-order valence-electron chi connectivity index (χ0n) is 12.9. The highest BCUT2D eigenvalue weighted by Crippen LogP contribution is 2.13. The van der Waals surface area contributed by atoms with Gasteiger partial charge < -0.3 is 14.8 Å². The van der Waals surface area contributed by atoms with Gasteiger partial charge >= 0.3 is 0 Å². The summed E-state index contributed by atoms with van der Waals surface area (Å²) < 4.78 is 10.7. The van der Waals surface area contributed by atoms with Crippen molar-refractivity contribution in [1.29, 1.82) is 0 Å². The van der Waals surface area contributed by atoms with Crippen LogP contribution in [0, 0.1) is 0 Å². The summed E-state index contributed by atoms with van der Waals surface area (Å²) in [5.74, 6) is 0.617. The maximum Gasteiger partial charge on any atom is 0.251 e. The Bertz CT molecular complexity index is 485. The summed E-state index contributed by atoms with van der Waals surface area (Å²) in [6.07, 6.45) is 2.62. The molecule has 1 aromatic rings. The lowest BCUT2D eigenvalue weighted by Crippen LogP contribution is -2.38. The summed E-state index contributed by atoms with van der Waals surface area (Å²) in [6.45, 7) is 9.29. The largest absolute Gasteiger partial charge is 0.490 e. The first kappa shape index (κ1) is 16.5. The van der Waals surface area contributed by atoms with Crippen LogP contribution in [0.15, 0.2) is 36.9 Å². The van der Waals surface area contributed by atoms with E-state index in [9.17, 15) is 4.79 Å². The lowest BCUT2D eigenvalue weighted by Gasteiger charge is -2.26. The van der Waals surface area contributed by atoms with Crippen LogP contribution in [0.25, 0.3) is 0 Å². The second kappa shape index (κ2) is 9.23. The van der Waals surface area contributed by atoms with Crippen LogP contribution in [0.1, 0.15) is 16.8 Å². The van der Waals surface area contributed by atoms with Gasteiger partial charge in [-0.15, -0.1) is 0 Å². The zero-order chi connectivity index (χ0) is 15.6. The number of amides is 1. The first-order valence-corrected chi connectivity index (χ1v) is 7.71. The summed E-state index contributed by atoms with van der Waals surface area (Å²) in [4.78, 5) is 14.5. The van der Waals surface area contributed by atoms with Gasteiger partial charge in [0.15, 0.2) is 0 Å². The number of benzene rings is 1. The highest BCUT2D eigenvalue weighted by molar-refractivity contribution is 5.94. The normalized spacial score (nSPS) is 15.3. The number of ether oxygens (including phenoxy) is 2. The second-order valence-corrected chi connectivity index (χ2v) is 5.19. The molecule has 22 heavy (non-hydrogen) atoms. The van der Waals surface area contributed by atoms with Crippen molar-refractivity contribution in [2.75, 3.05) is 46.0 Å². The number of morpholine rings is 1. The standard InChI is InChI=1S/C17H24N2O3/c1-2-11-22-16-6-3-5-15(14-16)17(20)18-7-4-8-19-9-12-21-13-10-19/h2-3,5-6,14H,1,4,7-13H2,(H,18,20). The molecule has 0 bridgehead atoms. The van der Waals surface area contributed by atoms with Gasteiger partial charge in [0.1, 0.15) is 12.4 Å². The van der Waals surface area contributed by atoms with Crippen molar-refractivity contribution >= 4 is 5.91 Å². The minimum atomic E-state index is -0.0639. The average molecular weight is 304 g/mol.